The first-order valence-corrected chi connectivity index (χ1v) is 7.95. The van der Waals surface area contributed by atoms with Gasteiger partial charge >= 0.3 is 0 Å². The number of nitrogens with one attached hydrogen (secondary N) is 2. The number of hydrogen-bond donors (Lipinski definition) is 2. The second kappa shape index (κ2) is 5.92. The lowest BCUT2D eigenvalue weighted by Gasteiger charge is -2.00. The van der Waals surface area contributed by atoms with E-state index in [9.17, 15) is 9.00 Å². The van der Waals surface area contributed by atoms with Crippen molar-refractivity contribution < 1.29 is 9.00 Å². The van der Waals surface area contributed by atoms with Crippen molar-refractivity contribution in [3.05, 3.63) is 29.3 Å². The van der Waals surface area contributed by atoms with E-state index >= 15 is 0 Å². The molecular formula is C11H13N3O2S2. The van der Waals surface area contributed by atoms with Gasteiger partial charge in [-0.1, -0.05) is 6.07 Å². The van der Waals surface area contributed by atoms with E-state index in [-0.39, 0.29) is 5.91 Å². The van der Waals surface area contributed by atoms with E-state index in [1.54, 1.807) is 23.7 Å². The average Bonchev–Trinajstić information content (AvgIpc) is 2.99. The van der Waals surface area contributed by atoms with E-state index in [2.05, 4.69) is 15.5 Å². The SMILES string of the molecule is CS(=O)CCNC(=O)c1cc(-c2cccs2)[nH]n1. The minimum atomic E-state index is -0.899. The highest BCUT2D eigenvalue weighted by molar-refractivity contribution is 7.84. The number of rotatable bonds is 5. The van der Waals surface area contributed by atoms with Crippen LogP contribution in [0.5, 0.6) is 0 Å². The van der Waals surface area contributed by atoms with Gasteiger partial charge in [-0.15, -0.1) is 11.3 Å². The maximum Gasteiger partial charge on any atom is 0.271 e. The molecular weight excluding hydrogens is 270 g/mol. The quantitative estimate of drug-likeness (QED) is 0.867. The Morgan fingerprint density at radius 2 is 2.44 bits per heavy atom. The summed E-state index contributed by atoms with van der Waals surface area (Å²) >= 11 is 1.58. The molecule has 0 spiro atoms. The minimum Gasteiger partial charge on any atom is -0.350 e. The van der Waals surface area contributed by atoms with Crippen molar-refractivity contribution in [1.29, 1.82) is 0 Å². The number of carbonyl (C=O) groups excluding carboxylic acids is 1. The smallest absolute Gasteiger partial charge is 0.271 e. The monoisotopic (exact) mass is 283 g/mol. The van der Waals surface area contributed by atoms with Gasteiger partial charge in [-0.2, -0.15) is 5.10 Å². The summed E-state index contributed by atoms with van der Waals surface area (Å²) in [5.74, 6) is 0.202. The third kappa shape index (κ3) is 3.27. The lowest BCUT2D eigenvalue weighted by atomic mass is 10.3. The fourth-order valence-electron chi connectivity index (χ4n) is 1.39. The molecule has 96 valence electrons. The standard InChI is InChI=1S/C11H13N3O2S2/c1-18(16)6-4-12-11(15)9-7-8(13-14-9)10-3-2-5-17-10/h2-3,5,7H,4,6H2,1H3,(H,12,15)(H,13,14). The van der Waals surface area contributed by atoms with E-state index in [0.29, 0.717) is 18.0 Å². The van der Waals surface area contributed by atoms with E-state index < -0.39 is 10.8 Å². The summed E-state index contributed by atoms with van der Waals surface area (Å²) in [7, 11) is -0.899. The number of hydrogen-bond acceptors (Lipinski definition) is 4. The first kappa shape index (κ1) is 13.0. The molecule has 2 heterocycles. The predicted octanol–water partition coefficient (Wildman–Crippen LogP) is 1.25. The number of H-pyrrole nitrogens is 1. The summed E-state index contributed by atoms with van der Waals surface area (Å²) in [6.07, 6.45) is 1.61. The first-order valence-electron chi connectivity index (χ1n) is 5.34. The Morgan fingerprint density at radius 3 is 3.11 bits per heavy atom. The molecule has 2 aromatic rings. The Labute approximate surface area is 111 Å². The molecule has 0 bridgehead atoms. The maximum absolute atomic E-state index is 11.7. The van der Waals surface area contributed by atoms with Gasteiger partial charge in [-0.25, -0.2) is 0 Å². The Kier molecular flexibility index (Phi) is 4.27. The first-order chi connectivity index (χ1) is 8.66. The van der Waals surface area contributed by atoms with Crippen molar-refractivity contribution in [3.8, 4) is 10.6 Å². The molecule has 1 amide bonds. The van der Waals surface area contributed by atoms with Gasteiger partial charge in [0.05, 0.1) is 10.6 Å². The van der Waals surface area contributed by atoms with Crippen molar-refractivity contribution >= 4 is 28.0 Å². The van der Waals surface area contributed by atoms with Gasteiger partial charge in [0.1, 0.15) is 0 Å². The number of nitrogens with zero attached hydrogens (tertiary/aromatic N) is 1. The summed E-state index contributed by atoms with van der Waals surface area (Å²) in [6.45, 7) is 0.392. The lowest BCUT2D eigenvalue weighted by Crippen LogP contribution is -2.27. The van der Waals surface area contributed by atoms with E-state index in [1.165, 1.54) is 0 Å². The number of aromatic nitrogens is 2. The minimum absolute atomic E-state index is 0.250. The molecule has 0 aromatic carbocycles. The molecule has 0 saturated carbocycles. The normalized spacial score (nSPS) is 12.3. The summed E-state index contributed by atoms with van der Waals surface area (Å²) in [6, 6.07) is 5.61. The third-order valence-electron chi connectivity index (χ3n) is 2.27. The van der Waals surface area contributed by atoms with Crippen LogP contribution in [-0.4, -0.2) is 38.9 Å². The van der Waals surface area contributed by atoms with Crippen LogP contribution in [-0.2, 0) is 10.8 Å². The van der Waals surface area contributed by atoms with Crippen molar-refractivity contribution in [2.45, 2.75) is 0 Å². The van der Waals surface area contributed by atoms with E-state index in [4.69, 9.17) is 0 Å². The zero-order valence-electron chi connectivity index (χ0n) is 9.80. The molecule has 18 heavy (non-hydrogen) atoms. The fourth-order valence-corrected chi connectivity index (χ4v) is 2.48. The largest absolute Gasteiger partial charge is 0.350 e. The van der Waals surface area contributed by atoms with Crippen LogP contribution in [0.1, 0.15) is 10.5 Å². The Balaban J connectivity index is 1.97. The van der Waals surface area contributed by atoms with Gasteiger partial charge in [0.25, 0.3) is 5.91 Å². The van der Waals surface area contributed by atoms with Crippen molar-refractivity contribution in [1.82, 2.24) is 15.5 Å². The fraction of sp³-hybridized carbons (Fsp3) is 0.273. The van der Waals surface area contributed by atoms with E-state index in [0.717, 1.165) is 10.6 Å². The second-order valence-electron chi connectivity index (χ2n) is 3.68. The van der Waals surface area contributed by atoms with Crippen LogP contribution < -0.4 is 5.32 Å². The average molecular weight is 283 g/mol. The van der Waals surface area contributed by atoms with E-state index in [1.807, 2.05) is 17.5 Å². The second-order valence-corrected chi connectivity index (χ2v) is 6.18. The highest BCUT2D eigenvalue weighted by Crippen LogP contribution is 2.22. The molecule has 5 nitrogen and oxygen atoms in total. The van der Waals surface area contributed by atoms with Crippen LogP contribution in [0.2, 0.25) is 0 Å². The molecule has 0 saturated heterocycles. The highest BCUT2D eigenvalue weighted by Gasteiger charge is 2.11. The van der Waals surface area contributed by atoms with Crippen LogP contribution >= 0.6 is 11.3 Å². The van der Waals surface area contributed by atoms with Crippen LogP contribution in [0, 0.1) is 0 Å². The van der Waals surface area contributed by atoms with Gasteiger partial charge in [0.2, 0.25) is 0 Å². The van der Waals surface area contributed by atoms with Crippen LogP contribution in [0.15, 0.2) is 23.6 Å². The van der Waals surface area contributed by atoms with Crippen LogP contribution in [0.3, 0.4) is 0 Å². The predicted molar refractivity (Wildman–Crippen MR) is 73.2 cm³/mol. The summed E-state index contributed by atoms with van der Waals surface area (Å²) < 4.78 is 10.9. The highest BCUT2D eigenvalue weighted by atomic mass is 32.2. The Bertz CT molecular complexity index is 548. The maximum atomic E-state index is 11.7. The van der Waals surface area contributed by atoms with Crippen molar-refractivity contribution in [2.24, 2.45) is 0 Å². The summed E-state index contributed by atoms with van der Waals surface area (Å²) in [5, 5.41) is 11.4. The molecule has 7 heteroatoms. The molecule has 0 aliphatic rings. The number of thiophene rings is 1. The molecule has 1 atom stereocenters. The van der Waals surface area contributed by atoms with Crippen LogP contribution in [0.25, 0.3) is 10.6 Å². The third-order valence-corrected chi connectivity index (χ3v) is 3.95. The van der Waals surface area contributed by atoms with Crippen molar-refractivity contribution in [2.75, 3.05) is 18.6 Å². The molecule has 0 fully saturated rings. The van der Waals surface area contributed by atoms with Gasteiger partial charge < -0.3 is 5.32 Å². The topological polar surface area (TPSA) is 74.8 Å². The number of carbonyl (C=O) groups is 1. The molecule has 2 aromatic heterocycles. The molecule has 0 aliphatic heterocycles. The summed E-state index contributed by atoms with van der Waals surface area (Å²) in [5.41, 5.74) is 1.18. The zero-order chi connectivity index (χ0) is 13.0. The molecule has 1 unspecified atom stereocenters. The Morgan fingerprint density at radius 1 is 1.61 bits per heavy atom. The number of aromatic amines is 1. The van der Waals surface area contributed by atoms with Gasteiger partial charge in [-0.05, 0) is 17.5 Å². The van der Waals surface area contributed by atoms with Gasteiger partial charge in [0.15, 0.2) is 5.69 Å². The number of amides is 1. The summed E-state index contributed by atoms with van der Waals surface area (Å²) in [4.78, 5) is 12.8. The molecule has 2 rings (SSSR count). The van der Waals surface area contributed by atoms with Crippen LogP contribution in [0.4, 0.5) is 0 Å². The molecule has 2 N–H and O–H groups in total. The van der Waals surface area contributed by atoms with Gasteiger partial charge in [-0.3, -0.25) is 14.1 Å². The molecule has 0 radical (unpaired) electrons. The molecule has 0 aliphatic carbocycles. The van der Waals surface area contributed by atoms with Crippen molar-refractivity contribution in [3.63, 3.8) is 0 Å². The zero-order valence-corrected chi connectivity index (χ0v) is 11.4. The van der Waals surface area contributed by atoms with Gasteiger partial charge in [0, 0.05) is 29.4 Å². The lowest BCUT2D eigenvalue weighted by molar-refractivity contribution is 0.0951. The Hall–Kier alpha value is -1.47.